The molecule has 0 radical (unpaired) electrons. The van der Waals surface area contributed by atoms with E-state index in [1.807, 2.05) is 33.3 Å². The number of ether oxygens (including phenoxy) is 1. The smallest absolute Gasteiger partial charge is 0.306 e. The number of nitrogens with zero attached hydrogens (tertiary/aromatic N) is 1. The predicted octanol–water partition coefficient (Wildman–Crippen LogP) is 19.1. The van der Waals surface area contributed by atoms with Crippen molar-refractivity contribution in [2.75, 3.05) is 40.9 Å². The van der Waals surface area contributed by atoms with Crippen molar-refractivity contribution in [3.63, 3.8) is 0 Å². The monoisotopic (exact) mass is 1100 g/mol. The molecule has 0 rings (SSSR count). The fourth-order valence-electron chi connectivity index (χ4n) is 8.83. The number of esters is 1. The second-order valence-electron chi connectivity index (χ2n) is 22.6. The van der Waals surface area contributed by atoms with Gasteiger partial charge in [0, 0.05) is 12.8 Å². The molecule has 3 atom stereocenters. The molecule has 10 heteroatoms. The van der Waals surface area contributed by atoms with Crippen LogP contribution in [-0.2, 0) is 27.9 Å². The number of quaternary nitrogens is 1. The summed E-state index contributed by atoms with van der Waals surface area (Å²) in [5.74, 6) is -0.570. The maximum Gasteiger partial charge on any atom is 0.306 e. The third kappa shape index (κ3) is 57.7. The summed E-state index contributed by atoms with van der Waals surface area (Å²) < 4.78 is 30.3. The van der Waals surface area contributed by atoms with Crippen LogP contribution in [0, 0.1) is 0 Å². The van der Waals surface area contributed by atoms with E-state index in [-0.39, 0.29) is 24.9 Å². The largest absolute Gasteiger partial charge is 0.756 e. The van der Waals surface area contributed by atoms with E-state index in [4.69, 9.17) is 13.8 Å². The first kappa shape index (κ1) is 74.2. The summed E-state index contributed by atoms with van der Waals surface area (Å²) in [6.07, 6.45) is 74.0. The van der Waals surface area contributed by atoms with Crippen LogP contribution < -0.4 is 10.2 Å². The van der Waals surface area contributed by atoms with Crippen LogP contribution in [0.4, 0.5) is 0 Å². The highest BCUT2D eigenvalue weighted by molar-refractivity contribution is 7.45. The van der Waals surface area contributed by atoms with E-state index in [0.717, 1.165) is 109 Å². The van der Waals surface area contributed by atoms with Gasteiger partial charge in [-0.1, -0.05) is 241 Å². The zero-order valence-corrected chi connectivity index (χ0v) is 51.8. The zero-order valence-electron chi connectivity index (χ0n) is 50.9. The maximum absolute atomic E-state index is 13.5. The lowest BCUT2D eigenvalue weighted by molar-refractivity contribution is -0.870. The number of phosphoric ester groups is 1. The van der Waals surface area contributed by atoms with Gasteiger partial charge in [-0.2, -0.15) is 0 Å². The van der Waals surface area contributed by atoms with E-state index < -0.39 is 26.6 Å². The summed E-state index contributed by atoms with van der Waals surface area (Å²) in [5.41, 5.74) is 0. The van der Waals surface area contributed by atoms with Gasteiger partial charge in [-0.15, -0.1) is 0 Å². The minimum Gasteiger partial charge on any atom is -0.756 e. The molecule has 0 aliphatic carbocycles. The highest BCUT2D eigenvalue weighted by Gasteiger charge is 2.27. The summed E-state index contributed by atoms with van der Waals surface area (Å²) in [5, 5.41) is 3.02. The van der Waals surface area contributed by atoms with Crippen LogP contribution >= 0.6 is 7.82 Å². The lowest BCUT2D eigenvalue weighted by Gasteiger charge is -2.30. The first-order valence-electron chi connectivity index (χ1n) is 31.9. The average Bonchev–Trinajstić information content (AvgIpc) is 3.39. The normalized spacial score (nSPS) is 14.2. The van der Waals surface area contributed by atoms with Gasteiger partial charge in [-0.3, -0.25) is 14.2 Å². The third-order valence-corrected chi connectivity index (χ3v) is 14.8. The molecule has 0 aliphatic rings. The molecule has 0 aromatic heterocycles. The lowest BCUT2D eigenvalue weighted by Crippen LogP contribution is -2.47. The second-order valence-corrected chi connectivity index (χ2v) is 24.0. The minimum absolute atomic E-state index is 0.0309. The Morgan fingerprint density at radius 3 is 1.21 bits per heavy atom. The fourth-order valence-corrected chi connectivity index (χ4v) is 9.55. The Labute approximate surface area is 476 Å². The minimum atomic E-state index is -4.71. The zero-order chi connectivity index (χ0) is 56.4. The number of amides is 1. The van der Waals surface area contributed by atoms with Gasteiger partial charge in [-0.25, -0.2) is 0 Å². The van der Waals surface area contributed by atoms with Gasteiger partial charge in [-0.05, 0) is 109 Å². The van der Waals surface area contributed by atoms with Crippen molar-refractivity contribution in [1.82, 2.24) is 5.32 Å². The Kier molecular flexibility index (Phi) is 54.4. The first-order valence-corrected chi connectivity index (χ1v) is 33.4. The van der Waals surface area contributed by atoms with Gasteiger partial charge in [0.05, 0.1) is 33.8 Å². The standard InChI is InChI=1S/C67H121N2O7P/c1-7-10-13-16-19-22-25-28-30-32-33-34-35-37-38-41-44-47-50-53-56-59-66(70)68-64(63-75-77(72,73)74-62-61-69(4,5)6)65(58-55-52-49-46-43-40-27-24-21-18-15-12-9-3)76-67(71)60-57-54-51-48-45-42-39-36-31-29-26-23-20-17-14-11-8-2/h19-20,22-23,28-31,33-34,37-38,55,58,64-65H,7-18,21,24-27,32,35-36,39-54,56-57,59-63H2,1-6H3,(H-,68,70,72,73)/b22-19-,23-20-,30-28-,31-29-,34-33-,38-37-,58-55-. The van der Waals surface area contributed by atoms with Crippen molar-refractivity contribution in [2.24, 2.45) is 0 Å². The molecule has 446 valence electrons. The molecule has 0 aromatic carbocycles. The fraction of sp³-hybridized carbons (Fsp3) is 0.761. The van der Waals surface area contributed by atoms with E-state index in [0.29, 0.717) is 23.9 Å². The number of unbranched alkanes of at least 4 members (excludes halogenated alkanes) is 29. The molecule has 1 amide bonds. The van der Waals surface area contributed by atoms with Crippen LogP contribution in [-0.4, -0.2) is 69.4 Å². The Bertz CT molecular complexity index is 1590. The van der Waals surface area contributed by atoms with Crippen LogP contribution in [0.15, 0.2) is 85.1 Å². The predicted molar refractivity (Wildman–Crippen MR) is 330 cm³/mol. The van der Waals surface area contributed by atoms with E-state index >= 15 is 0 Å². The number of phosphoric acid groups is 1. The SMILES string of the molecule is CCCCC/C=C\C/C=C\C/C=C\C/C=C\CCCCCCCC(=O)NC(COP(=O)([O-])OCC[N+](C)(C)C)C(/C=C\CCCCCCCCCCCCC)OC(=O)CCCCCCCCC/C=C\C/C=C\CCCCC. The summed E-state index contributed by atoms with van der Waals surface area (Å²) in [6, 6.07) is -0.906. The molecule has 9 nitrogen and oxygen atoms in total. The summed E-state index contributed by atoms with van der Waals surface area (Å²) >= 11 is 0. The van der Waals surface area contributed by atoms with Crippen molar-refractivity contribution >= 4 is 19.7 Å². The maximum atomic E-state index is 13.5. The Balaban J connectivity index is 5.32. The highest BCUT2D eigenvalue weighted by atomic mass is 31.2. The van der Waals surface area contributed by atoms with Crippen LogP contribution in [0.25, 0.3) is 0 Å². The van der Waals surface area contributed by atoms with Crippen molar-refractivity contribution in [3.8, 4) is 0 Å². The summed E-state index contributed by atoms with van der Waals surface area (Å²) in [6.45, 7) is 6.78. The Morgan fingerprint density at radius 1 is 0.455 bits per heavy atom. The number of hydrogen-bond acceptors (Lipinski definition) is 7. The van der Waals surface area contributed by atoms with Gasteiger partial charge in [0.15, 0.2) is 0 Å². The Morgan fingerprint density at radius 2 is 0.792 bits per heavy atom. The van der Waals surface area contributed by atoms with Crippen LogP contribution in [0.2, 0.25) is 0 Å². The van der Waals surface area contributed by atoms with Crippen molar-refractivity contribution in [2.45, 2.75) is 290 Å². The number of allylic oxidation sites excluding steroid dienone is 13. The second kappa shape index (κ2) is 56.5. The average molecular weight is 1100 g/mol. The quantitative estimate of drug-likeness (QED) is 0.0212. The molecule has 0 aliphatic heterocycles. The molecule has 0 saturated heterocycles. The number of carbonyl (C=O) groups is 2. The molecule has 0 aromatic rings. The van der Waals surface area contributed by atoms with Crippen LogP contribution in [0.1, 0.15) is 278 Å². The first-order chi connectivity index (χ1) is 37.4. The third-order valence-electron chi connectivity index (χ3n) is 13.8. The molecule has 3 unspecified atom stereocenters. The van der Waals surface area contributed by atoms with Crippen molar-refractivity contribution < 1.29 is 37.3 Å². The molecule has 0 heterocycles. The number of rotatable bonds is 57. The van der Waals surface area contributed by atoms with Gasteiger partial charge in [0.25, 0.3) is 7.82 Å². The van der Waals surface area contributed by atoms with E-state index in [1.54, 1.807) is 0 Å². The summed E-state index contributed by atoms with van der Waals surface area (Å²) in [7, 11) is 1.16. The van der Waals surface area contributed by atoms with Gasteiger partial charge < -0.3 is 28.5 Å². The van der Waals surface area contributed by atoms with Gasteiger partial charge >= 0.3 is 5.97 Å². The lowest BCUT2D eigenvalue weighted by atomic mass is 10.0. The number of likely N-dealkylation sites (N-methyl/N-ethyl adjacent to an activating group) is 1. The molecular formula is C67H121N2O7P. The van der Waals surface area contributed by atoms with Crippen molar-refractivity contribution in [3.05, 3.63) is 85.1 Å². The molecule has 0 fully saturated rings. The van der Waals surface area contributed by atoms with Gasteiger partial charge in [0.2, 0.25) is 5.91 Å². The number of nitrogens with one attached hydrogen (secondary N) is 1. The number of hydrogen-bond donors (Lipinski definition) is 1. The number of carbonyl (C=O) groups excluding carboxylic acids is 2. The van der Waals surface area contributed by atoms with Crippen LogP contribution in [0.5, 0.6) is 0 Å². The van der Waals surface area contributed by atoms with Crippen molar-refractivity contribution in [1.29, 1.82) is 0 Å². The Hall–Kier alpha value is -2.81. The molecule has 77 heavy (non-hydrogen) atoms. The highest BCUT2D eigenvalue weighted by Crippen LogP contribution is 2.38. The molecule has 1 N–H and O–H groups in total. The van der Waals surface area contributed by atoms with E-state index in [2.05, 4.69) is 99.0 Å². The molecule has 0 bridgehead atoms. The van der Waals surface area contributed by atoms with E-state index in [9.17, 15) is 19.0 Å². The molecule has 0 spiro atoms. The summed E-state index contributed by atoms with van der Waals surface area (Å²) in [4.78, 5) is 40.0. The van der Waals surface area contributed by atoms with Crippen LogP contribution in [0.3, 0.4) is 0 Å². The molecule has 0 saturated carbocycles. The van der Waals surface area contributed by atoms with Gasteiger partial charge in [0.1, 0.15) is 19.3 Å². The topological polar surface area (TPSA) is 114 Å². The van der Waals surface area contributed by atoms with E-state index in [1.165, 1.54) is 128 Å². The molecular weight excluding hydrogens is 976 g/mol.